The first-order valence-corrected chi connectivity index (χ1v) is 6.69. The number of pyridine rings is 1. The zero-order valence-corrected chi connectivity index (χ0v) is 11.2. The second kappa shape index (κ2) is 5.17. The van der Waals surface area contributed by atoms with Gasteiger partial charge < -0.3 is 5.32 Å². The van der Waals surface area contributed by atoms with Gasteiger partial charge in [0.15, 0.2) is 5.82 Å². The van der Waals surface area contributed by atoms with Crippen molar-refractivity contribution in [1.29, 1.82) is 5.26 Å². The number of nitrogens with zero attached hydrogens (tertiary/aromatic N) is 3. The van der Waals surface area contributed by atoms with Crippen LogP contribution in [0.1, 0.15) is 36.8 Å². The highest BCUT2D eigenvalue weighted by atomic mass is 15.2. The molecule has 0 saturated heterocycles. The Morgan fingerprint density at radius 1 is 1.35 bits per heavy atom. The third-order valence-electron chi connectivity index (χ3n) is 3.52. The molecule has 0 spiro atoms. The van der Waals surface area contributed by atoms with Gasteiger partial charge in [-0.05, 0) is 24.1 Å². The molecule has 1 aliphatic heterocycles. The van der Waals surface area contributed by atoms with Crippen LogP contribution in [-0.2, 0) is 0 Å². The van der Waals surface area contributed by atoms with Gasteiger partial charge in [0.2, 0.25) is 0 Å². The Morgan fingerprint density at radius 3 is 2.85 bits per heavy atom. The molecule has 5 heteroatoms. The lowest BCUT2D eigenvalue weighted by Crippen LogP contribution is -2.17. The Bertz CT molecular complexity index is 678. The highest BCUT2D eigenvalue weighted by molar-refractivity contribution is 5.64. The summed E-state index contributed by atoms with van der Waals surface area (Å²) in [7, 11) is 0. The molecule has 0 saturated carbocycles. The van der Waals surface area contributed by atoms with Crippen LogP contribution in [0.15, 0.2) is 42.0 Å². The van der Waals surface area contributed by atoms with Crippen molar-refractivity contribution in [1.82, 2.24) is 15.2 Å². The van der Waals surface area contributed by atoms with Crippen molar-refractivity contribution in [3.63, 3.8) is 0 Å². The van der Waals surface area contributed by atoms with Gasteiger partial charge in [0.05, 0.1) is 17.6 Å². The van der Waals surface area contributed by atoms with E-state index >= 15 is 0 Å². The van der Waals surface area contributed by atoms with E-state index in [-0.39, 0.29) is 5.92 Å². The lowest BCUT2D eigenvalue weighted by molar-refractivity contribution is 0.847. The molecule has 2 aromatic rings. The van der Waals surface area contributed by atoms with E-state index in [4.69, 9.17) is 0 Å². The SMILES string of the molecule is CCCC1=C(C#N)C(c2ccncc2)c2c[nH]nc2N1. The van der Waals surface area contributed by atoms with Gasteiger partial charge in [-0.25, -0.2) is 0 Å². The van der Waals surface area contributed by atoms with Crippen molar-refractivity contribution in [3.05, 3.63) is 53.1 Å². The third kappa shape index (κ3) is 1.95. The van der Waals surface area contributed by atoms with Crippen molar-refractivity contribution in [2.45, 2.75) is 25.7 Å². The van der Waals surface area contributed by atoms with E-state index < -0.39 is 0 Å². The zero-order valence-electron chi connectivity index (χ0n) is 11.2. The number of nitriles is 1. The number of H-pyrrole nitrogens is 1. The molecule has 0 radical (unpaired) electrons. The molecule has 1 atom stereocenters. The molecule has 0 fully saturated rings. The molecule has 1 aliphatic rings. The monoisotopic (exact) mass is 265 g/mol. The van der Waals surface area contributed by atoms with Crippen molar-refractivity contribution in [2.24, 2.45) is 0 Å². The van der Waals surface area contributed by atoms with Crippen LogP contribution in [0.5, 0.6) is 0 Å². The molecule has 2 aromatic heterocycles. The molecule has 0 aliphatic carbocycles. The molecular formula is C15H15N5. The van der Waals surface area contributed by atoms with Gasteiger partial charge in [0.1, 0.15) is 0 Å². The smallest absolute Gasteiger partial charge is 0.156 e. The second-order valence-corrected chi connectivity index (χ2v) is 4.78. The summed E-state index contributed by atoms with van der Waals surface area (Å²) in [6, 6.07) is 6.28. The molecule has 3 heterocycles. The predicted molar refractivity (Wildman–Crippen MR) is 75.8 cm³/mol. The number of hydrogen-bond acceptors (Lipinski definition) is 4. The fraction of sp³-hybridized carbons (Fsp3) is 0.267. The van der Waals surface area contributed by atoms with Crippen LogP contribution in [0.2, 0.25) is 0 Å². The van der Waals surface area contributed by atoms with Crippen LogP contribution in [0.3, 0.4) is 0 Å². The topological polar surface area (TPSA) is 77.4 Å². The Hall–Kier alpha value is -2.61. The Balaban J connectivity index is 2.16. The third-order valence-corrected chi connectivity index (χ3v) is 3.52. The molecule has 20 heavy (non-hydrogen) atoms. The van der Waals surface area contributed by atoms with Crippen LogP contribution >= 0.6 is 0 Å². The van der Waals surface area contributed by atoms with Crippen LogP contribution in [0, 0.1) is 11.3 Å². The normalized spacial score (nSPS) is 17.3. The van der Waals surface area contributed by atoms with Crippen molar-refractivity contribution in [2.75, 3.05) is 5.32 Å². The number of allylic oxidation sites excluding steroid dienone is 2. The fourth-order valence-electron chi connectivity index (χ4n) is 2.64. The van der Waals surface area contributed by atoms with Crippen molar-refractivity contribution < 1.29 is 0 Å². The van der Waals surface area contributed by atoms with Gasteiger partial charge in [-0.15, -0.1) is 0 Å². The highest BCUT2D eigenvalue weighted by Gasteiger charge is 2.30. The zero-order chi connectivity index (χ0) is 13.9. The number of aromatic nitrogens is 3. The molecule has 100 valence electrons. The van der Waals surface area contributed by atoms with Gasteiger partial charge in [0.25, 0.3) is 0 Å². The van der Waals surface area contributed by atoms with E-state index in [9.17, 15) is 5.26 Å². The van der Waals surface area contributed by atoms with Gasteiger partial charge >= 0.3 is 0 Å². The average Bonchev–Trinajstić information content (AvgIpc) is 2.95. The summed E-state index contributed by atoms with van der Waals surface area (Å²) in [4.78, 5) is 4.05. The summed E-state index contributed by atoms with van der Waals surface area (Å²) in [5, 5.41) is 20.0. The maximum Gasteiger partial charge on any atom is 0.156 e. The minimum absolute atomic E-state index is 0.0699. The molecule has 0 aromatic carbocycles. The van der Waals surface area contributed by atoms with Gasteiger partial charge in [-0.1, -0.05) is 13.3 Å². The maximum absolute atomic E-state index is 9.59. The molecule has 1 unspecified atom stereocenters. The first-order valence-electron chi connectivity index (χ1n) is 6.69. The Morgan fingerprint density at radius 2 is 2.15 bits per heavy atom. The second-order valence-electron chi connectivity index (χ2n) is 4.78. The average molecular weight is 265 g/mol. The van der Waals surface area contributed by atoms with E-state index in [1.165, 1.54) is 0 Å². The quantitative estimate of drug-likeness (QED) is 0.894. The van der Waals surface area contributed by atoms with E-state index in [0.717, 1.165) is 41.1 Å². The van der Waals surface area contributed by atoms with Crippen LogP contribution in [0.25, 0.3) is 0 Å². The first-order chi connectivity index (χ1) is 9.85. The van der Waals surface area contributed by atoms with Crippen LogP contribution < -0.4 is 5.32 Å². The van der Waals surface area contributed by atoms with Crippen molar-refractivity contribution in [3.8, 4) is 6.07 Å². The summed E-state index contributed by atoms with van der Waals surface area (Å²) in [6.45, 7) is 2.10. The summed E-state index contributed by atoms with van der Waals surface area (Å²) in [5.74, 6) is 0.744. The predicted octanol–water partition coefficient (Wildman–Crippen LogP) is 2.94. The Kier molecular flexibility index (Phi) is 3.21. The van der Waals surface area contributed by atoms with Crippen LogP contribution in [-0.4, -0.2) is 15.2 Å². The molecule has 0 amide bonds. The number of aromatic amines is 1. The van der Waals surface area contributed by atoms with Gasteiger partial charge in [-0.2, -0.15) is 10.4 Å². The van der Waals surface area contributed by atoms with E-state index in [1.54, 1.807) is 12.4 Å². The molecule has 2 N–H and O–H groups in total. The number of rotatable bonds is 3. The van der Waals surface area contributed by atoms with Gasteiger partial charge in [-0.3, -0.25) is 10.1 Å². The fourth-order valence-corrected chi connectivity index (χ4v) is 2.64. The maximum atomic E-state index is 9.59. The molecule has 0 bridgehead atoms. The Labute approximate surface area is 117 Å². The minimum atomic E-state index is -0.0699. The van der Waals surface area contributed by atoms with E-state index in [1.807, 2.05) is 18.3 Å². The number of anilines is 1. The summed E-state index contributed by atoms with van der Waals surface area (Å²) in [5.41, 5.74) is 3.81. The standard InChI is InChI=1S/C15H15N5/c1-2-3-13-11(8-16)14(10-4-6-17-7-5-10)12-9-18-20-15(12)19-13/h4-7,9,14H,2-3H2,1H3,(H2,18,19,20). The molecular weight excluding hydrogens is 250 g/mol. The molecule has 3 rings (SSSR count). The van der Waals surface area contributed by atoms with E-state index in [2.05, 4.69) is 33.5 Å². The summed E-state index contributed by atoms with van der Waals surface area (Å²) in [6.07, 6.45) is 7.19. The molecule has 5 nitrogen and oxygen atoms in total. The number of fused-ring (bicyclic) bond motifs is 1. The van der Waals surface area contributed by atoms with Gasteiger partial charge in [0, 0.05) is 29.9 Å². The highest BCUT2D eigenvalue weighted by Crippen LogP contribution is 2.41. The lowest BCUT2D eigenvalue weighted by atomic mass is 9.83. The number of nitrogens with one attached hydrogen (secondary N) is 2. The van der Waals surface area contributed by atoms with E-state index in [0.29, 0.717) is 0 Å². The van der Waals surface area contributed by atoms with Crippen LogP contribution in [0.4, 0.5) is 5.82 Å². The summed E-state index contributed by atoms with van der Waals surface area (Å²) >= 11 is 0. The minimum Gasteiger partial charge on any atom is -0.341 e. The lowest BCUT2D eigenvalue weighted by Gasteiger charge is -2.25. The number of hydrogen-bond donors (Lipinski definition) is 2. The first kappa shape index (κ1) is 12.4. The van der Waals surface area contributed by atoms with Crippen molar-refractivity contribution >= 4 is 5.82 Å². The summed E-state index contributed by atoms with van der Waals surface area (Å²) < 4.78 is 0. The largest absolute Gasteiger partial charge is 0.341 e.